The summed E-state index contributed by atoms with van der Waals surface area (Å²) in [6.45, 7) is 4.50. The average Bonchev–Trinajstić information content (AvgIpc) is 2.18. The quantitative estimate of drug-likeness (QED) is 0.691. The van der Waals surface area contributed by atoms with E-state index in [9.17, 15) is 0 Å². The number of hydrogen-bond donors (Lipinski definition) is 2. The maximum Gasteiger partial charge on any atom is 0.0177 e. The Morgan fingerprint density at radius 3 is 2.50 bits per heavy atom. The summed E-state index contributed by atoms with van der Waals surface area (Å²) in [4.78, 5) is 1.94. The topological polar surface area (TPSA) is 0 Å². The minimum Gasteiger partial charge on any atom is -0.142 e. The van der Waals surface area contributed by atoms with Crippen molar-refractivity contribution in [3.63, 3.8) is 0 Å². The second-order valence-corrected chi connectivity index (χ2v) is 4.76. The molecule has 1 atom stereocenters. The molecule has 0 heterocycles. The Morgan fingerprint density at radius 2 is 1.93 bits per heavy atom. The van der Waals surface area contributed by atoms with Gasteiger partial charge in [-0.15, -0.1) is 25.3 Å². The van der Waals surface area contributed by atoms with Crippen molar-refractivity contribution in [2.45, 2.75) is 48.8 Å². The van der Waals surface area contributed by atoms with Crippen LogP contribution >= 0.6 is 25.3 Å². The number of rotatable bonds is 4. The molecule has 1 aromatic rings. The van der Waals surface area contributed by atoms with Crippen molar-refractivity contribution >= 4 is 25.3 Å². The van der Waals surface area contributed by atoms with Crippen LogP contribution in [0.15, 0.2) is 28.0 Å². The molecule has 0 spiro atoms. The van der Waals surface area contributed by atoms with E-state index in [2.05, 4.69) is 51.2 Å². The summed E-state index contributed by atoms with van der Waals surface area (Å²) in [5.41, 5.74) is 1.38. The van der Waals surface area contributed by atoms with E-state index >= 15 is 0 Å². The highest BCUT2D eigenvalue weighted by molar-refractivity contribution is 7.83. The van der Waals surface area contributed by atoms with E-state index in [1.165, 1.54) is 24.8 Å². The summed E-state index contributed by atoms with van der Waals surface area (Å²) in [6.07, 6.45) is 3.82. The third kappa shape index (κ3) is 3.25. The first-order valence-electron chi connectivity index (χ1n) is 5.17. The molecule has 1 rings (SSSR count). The van der Waals surface area contributed by atoms with Gasteiger partial charge in [-0.05, 0) is 30.0 Å². The van der Waals surface area contributed by atoms with Gasteiger partial charge in [-0.25, -0.2) is 0 Å². The monoisotopic (exact) mass is 226 g/mol. The minimum atomic E-state index is 0.634. The van der Waals surface area contributed by atoms with Crippen LogP contribution in [0.5, 0.6) is 0 Å². The van der Waals surface area contributed by atoms with Crippen LogP contribution in [0.2, 0.25) is 0 Å². The van der Waals surface area contributed by atoms with Crippen LogP contribution in [0.25, 0.3) is 0 Å². The molecule has 0 nitrogen and oxygen atoms in total. The molecule has 1 aromatic carbocycles. The molecule has 0 N–H and O–H groups in total. The number of hydrogen-bond acceptors (Lipinski definition) is 2. The summed E-state index contributed by atoms with van der Waals surface area (Å²) in [6, 6.07) is 6.32. The molecular formula is C12H18S2. The zero-order valence-corrected chi connectivity index (χ0v) is 10.6. The van der Waals surface area contributed by atoms with Crippen LogP contribution in [0.4, 0.5) is 0 Å². The second-order valence-electron chi connectivity index (χ2n) is 3.79. The maximum absolute atomic E-state index is 4.38. The van der Waals surface area contributed by atoms with Crippen LogP contribution in [0.3, 0.4) is 0 Å². The molecule has 0 saturated carbocycles. The highest BCUT2D eigenvalue weighted by Crippen LogP contribution is 2.26. The van der Waals surface area contributed by atoms with Gasteiger partial charge in [0.25, 0.3) is 0 Å². The molecule has 0 aliphatic heterocycles. The predicted molar refractivity (Wildman–Crippen MR) is 68.9 cm³/mol. The molecule has 1 unspecified atom stereocenters. The van der Waals surface area contributed by atoms with Gasteiger partial charge in [-0.2, -0.15) is 0 Å². The number of unbranched alkanes of at least 4 members (excludes halogenated alkanes) is 1. The minimum absolute atomic E-state index is 0.634. The van der Waals surface area contributed by atoms with Crippen molar-refractivity contribution in [1.82, 2.24) is 0 Å². The van der Waals surface area contributed by atoms with Gasteiger partial charge in [0.2, 0.25) is 0 Å². The molecule has 0 saturated heterocycles. The predicted octanol–water partition coefficient (Wildman–Crippen LogP) is 4.56. The fraction of sp³-hybridized carbons (Fsp3) is 0.500. The molecule has 0 radical (unpaired) electrons. The van der Waals surface area contributed by atoms with Gasteiger partial charge in [-0.3, -0.25) is 0 Å². The zero-order chi connectivity index (χ0) is 10.6. The number of benzene rings is 1. The molecule has 78 valence electrons. The van der Waals surface area contributed by atoms with Crippen molar-refractivity contribution in [2.75, 3.05) is 0 Å². The summed E-state index contributed by atoms with van der Waals surface area (Å²) >= 11 is 8.68. The maximum atomic E-state index is 4.38. The smallest absolute Gasteiger partial charge is 0.0177 e. The van der Waals surface area contributed by atoms with Gasteiger partial charge < -0.3 is 0 Å². The highest BCUT2D eigenvalue weighted by atomic mass is 32.1. The van der Waals surface area contributed by atoms with Crippen LogP contribution in [-0.2, 0) is 0 Å². The van der Waals surface area contributed by atoms with E-state index in [0.29, 0.717) is 5.92 Å². The highest BCUT2D eigenvalue weighted by Gasteiger charge is 2.05. The summed E-state index contributed by atoms with van der Waals surface area (Å²) in [5.74, 6) is 0.634. The van der Waals surface area contributed by atoms with Crippen LogP contribution < -0.4 is 0 Å². The summed E-state index contributed by atoms with van der Waals surface area (Å²) in [5, 5.41) is 0. The van der Waals surface area contributed by atoms with Gasteiger partial charge in [0.05, 0.1) is 0 Å². The molecule has 0 bridgehead atoms. The normalized spacial score (nSPS) is 12.9. The lowest BCUT2D eigenvalue weighted by molar-refractivity contribution is 0.623. The van der Waals surface area contributed by atoms with Gasteiger partial charge >= 0.3 is 0 Å². The Hall–Kier alpha value is -0.0800. The van der Waals surface area contributed by atoms with Gasteiger partial charge in [0.1, 0.15) is 0 Å². The Morgan fingerprint density at radius 1 is 1.21 bits per heavy atom. The third-order valence-electron chi connectivity index (χ3n) is 2.56. The van der Waals surface area contributed by atoms with Gasteiger partial charge in [0, 0.05) is 9.79 Å². The van der Waals surface area contributed by atoms with Gasteiger partial charge in [-0.1, -0.05) is 32.8 Å². The van der Waals surface area contributed by atoms with E-state index in [4.69, 9.17) is 0 Å². The van der Waals surface area contributed by atoms with Crippen molar-refractivity contribution in [2.24, 2.45) is 0 Å². The molecule has 14 heavy (non-hydrogen) atoms. The fourth-order valence-electron chi connectivity index (χ4n) is 1.52. The summed E-state index contributed by atoms with van der Waals surface area (Å²) < 4.78 is 0. The van der Waals surface area contributed by atoms with Crippen LogP contribution in [0.1, 0.15) is 44.6 Å². The second kappa shape index (κ2) is 5.72. The van der Waals surface area contributed by atoms with Crippen molar-refractivity contribution < 1.29 is 0 Å². The molecule has 0 aliphatic carbocycles. The van der Waals surface area contributed by atoms with Crippen molar-refractivity contribution in [3.8, 4) is 0 Å². The lowest BCUT2D eigenvalue weighted by Crippen LogP contribution is -1.93. The lowest BCUT2D eigenvalue weighted by Gasteiger charge is -2.12. The molecule has 0 fully saturated rings. The van der Waals surface area contributed by atoms with Crippen LogP contribution in [-0.4, -0.2) is 0 Å². The van der Waals surface area contributed by atoms with E-state index in [1.807, 2.05) is 6.07 Å². The first kappa shape index (κ1) is 12.0. The Labute approximate surface area is 97.9 Å². The third-order valence-corrected chi connectivity index (χ3v) is 3.50. The lowest BCUT2D eigenvalue weighted by atomic mass is 9.96. The van der Waals surface area contributed by atoms with Crippen LogP contribution in [0, 0.1) is 0 Å². The average molecular weight is 226 g/mol. The number of thiol groups is 2. The van der Waals surface area contributed by atoms with Crippen molar-refractivity contribution in [1.29, 1.82) is 0 Å². The largest absolute Gasteiger partial charge is 0.142 e. The fourth-order valence-corrected chi connectivity index (χ4v) is 1.89. The van der Waals surface area contributed by atoms with E-state index in [1.54, 1.807) is 0 Å². The van der Waals surface area contributed by atoms with E-state index in [-0.39, 0.29) is 0 Å². The molecule has 0 amide bonds. The molecule has 0 aromatic heterocycles. The first-order valence-corrected chi connectivity index (χ1v) is 6.06. The van der Waals surface area contributed by atoms with Gasteiger partial charge in [0.15, 0.2) is 0 Å². The summed E-state index contributed by atoms with van der Waals surface area (Å²) in [7, 11) is 0. The van der Waals surface area contributed by atoms with E-state index in [0.717, 1.165) is 9.79 Å². The van der Waals surface area contributed by atoms with Crippen molar-refractivity contribution in [3.05, 3.63) is 23.8 Å². The Kier molecular flexibility index (Phi) is 4.90. The molecular weight excluding hydrogens is 208 g/mol. The molecule has 0 aliphatic rings. The Bertz CT molecular complexity index is 294. The SMILES string of the molecule is CCCCC(C)c1ccc(S)c(S)c1. The molecule has 2 heteroatoms. The zero-order valence-electron chi connectivity index (χ0n) is 8.83. The Balaban J connectivity index is 2.70. The first-order chi connectivity index (χ1) is 6.65. The standard InChI is InChI=1S/C12H18S2/c1-3-4-5-9(2)10-6-7-11(13)12(14)8-10/h6-9,13-14H,3-5H2,1-2H3. The van der Waals surface area contributed by atoms with E-state index < -0.39 is 0 Å².